The Labute approximate surface area is 117 Å². The van der Waals surface area contributed by atoms with Crippen molar-refractivity contribution in [3.8, 4) is 11.5 Å². The minimum Gasteiger partial charge on any atom is -0.492 e. The molecule has 1 aromatic carbocycles. The van der Waals surface area contributed by atoms with E-state index in [1.54, 1.807) is 6.08 Å². The standard InChI is InChI=1S/C12H13BrF3NO2/c1-2-5-17-6-7-18-9-3-4-11(10(13)8-9)19-12(14,15)16/h2-4,8,17H,1,5-7H2. The average molecular weight is 340 g/mol. The lowest BCUT2D eigenvalue weighted by Crippen LogP contribution is -2.20. The van der Waals surface area contributed by atoms with Crippen LogP contribution in [0.3, 0.4) is 0 Å². The second-order valence-corrected chi connectivity index (χ2v) is 4.34. The molecule has 1 aromatic rings. The number of hydrogen-bond donors (Lipinski definition) is 1. The van der Waals surface area contributed by atoms with E-state index in [9.17, 15) is 13.2 Å². The van der Waals surface area contributed by atoms with Crippen LogP contribution in [-0.4, -0.2) is 26.1 Å². The molecular weight excluding hydrogens is 327 g/mol. The number of halogens is 4. The molecule has 19 heavy (non-hydrogen) atoms. The first-order valence-corrected chi connectivity index (χ1v) is 6.21. The van der Waals surface area contributed by atoms with Crippen LogP contribution in [-0.2, 0) is 0 Å². The molecule has 7 heteroatoms. The maximum atomic E-state index is 12.1. The van der Waals surface area contributed by atoms with Gasteiger partial charge in [-0.15, -0.1) is 19.8 Å². The summed E-state index contributed by atoms with van der Waals surface area (Å²) in [4.78, 5) is 0. The Morgan fingerprint density at radius 2 is 2.11 bits per heavy atom. The minimum atomic E-state index is -4.71. The van der Waals surface area contributed by atoms with Crippen LogP contribution in [0.2, 0.25) is 0 Å². The van der Waals surface area contributed by atoms with Crippen LogP contribution in [0.25, 0.3) is 0 Å². The molecule has 0 aliphatic heterocycles. The highest BCUT2D eigenvalue weighted by Gasteiger charge is 2.31. The van der Waals surface area contributed by atoms with E-state index >= 15 is 0 Å². The summed E-state index contributed by atoms with van der Waals surface area (Å²) < 4.78 is 45.5. The Morgan fingerprint density at radius 3 is 2.68 bits per heavy atom. The van der Waals surface area contributed by atoms with Crippen molar-refractivity contribution >= 4 is 15.9 Å². The molecule has 0 aliphatic carbocycles. The normalized spacial score (nSPS) is 11.2. The maximum absolute atomic E-state index is 12.1. The zero-order valence-corrected chi connectivity index (χ0v) is 11.6. The summed E-state index contributed by atoms with van der Waals surface area (Å²) in [6.45, 7) is 5.24. The third-order valence-corrected chi connectivity index (χ3v) is 2.58. The van der Waals surface area contributed by atoms with Gasteiger partial charge >= 0.3 is 6.36 Å². The van der Waals surface area contributed by atoms with Gasteiger partial charge in [-0.2, -0.15) is 0 Å². The number of rotatable bonds is 7. The molecule has 0 saturated carbocycles. The Morgan fingerprint density at radius 1 is 1.37 bits per heavy atom. The van der Waals surface area contributed by atoms with E-state index in [-0.39, 0.29) is 10.2 Å². The molecule has 0 saturated heterocycles. The lowest BCUT2D eigenvalue weighted by atomic mass is 10.3. The highest BCUT2D eigenvalue weighted by atomic mass is 79.9. The van der Waals surface area contributed by atoms with Gasteiger partial charge in [-0.25, -0.2) is 0 Å². The number of ether oxygens (including phenoxy) is 2. The quantitative estimate of drug-likeness (QED) is 0.609. The number of alkyl halides is 3. The van der Waals surface area contributed by atoms with Gasteiger partial charge in [0.05, 0.1) is 4.47 Å². The summed E-state index contributed by atoms with van der Waals surface area (Å²) in [6.07, 6.45) is -2.99. The van der Waals surface area contributed by atoms with Gasteiger partial charge in [-0.3, -0.25) is 0 Å². The van der Waals surface area contributed by atoms with Crippen LogP contribution < -0.4 is 14.8 Å². The molecule has 0 spiro atoms. The van der Waals surface area contributed by atoms with Crippen molar-refractivity contribution < 1.29 is 22.6 Å². The Kier molecular flexibility index (Phi) is 6.17. The first kappa shape index (κ1) is 15.8. The predicted molar refractivity (Wildman–Crippen MR) is 69.4 cm³/mol. The second-order valence-electron chi connectivity index (χ2n) is 3.48. The summed E-state index contributed by atoms with van der Waals surface area (Å²) in [5, 5.41) is 3.03. The van der Waals surface area contributed by atoms with Gasteiger partial charge < -0.3 is 14.8 Å². The van der Waals surface area contributed by atoms with Crippen LogP contribution in [0, 0.1) is 0 Å². The highest BCUT2D eigenvalue weighted by Crippen LogP contribution is 2.33. The van der Waals surface area contributed by atoms with Crippen molar-refractivity contribution in [1.82, 2.24) is 5.32 Å². The van der Waals surface area contributed by atoms with Gasteiger partial charge in [0.25, 0.3) is 0 Å². The first-order chi connectivity index (χ1) is 8.92. The fourth-order valence-corrected chi connectivity index (χ4v) is 1.66. The Hall–Kier alpha value is -1.21. The molecule has 0 radical (unpaired) electrons. The van der Waals surface area contributed by atoms with E-state index in [2.05, 4.69) is 32.6 Å². The summed E-state index contributed by atoms with van der Waals surface area (Å²) in [6, 6.07) is 4.04. The van der Waals surface area contributed by atoms with Crippen LogP contribution in [0.1, 0.15) is 0 Å². The average Bonchev–Trinajstić information content (AvgIpc) is 2.31. The zero-order chi connectivity index (χ0) is 14.3. The first-order valence-electron chi connectivity index (χ1n) is 5.42. The van der Waals surface area contributed by atoms with Crippen molar-refractivity contribution in [2.75, 3.05) is 19.7 Å². The monoisotopic (exact) mass is 339 g/mol. The number of nitrogens with one attached hydrogen (secondary N) is 1. The van der Waals surface area contributed by atoms with Crippen molar-refractivity contribution in [1.29, 1.82) is 0 Å². The molecule has 0 fully saturated rings. The largest absolute Gasteiger partial charge is 0.573 e. The molecule has 0 aromatic heterocycles. The second kappa shape index (κ2) is 7.40. The molecule has 1 rings (SSSR count). The van der Waals surface area contributed by atoms with Gasteiger partial charge in [0.2, 0.25) is 0 Å². The van der Waals surface area contributed by atoms with Crippen LogP contribution in [0.5, 0.6) is 11.5 Å². The number of hydrogen-bond acceptors (Lipinski definition) is 3. The lowest BCUT2D eigenvalue weighted by Gasteiger charge is -2.12. The topological polar surface area (TPSA) is 30.5 Å². The van der Waals surface area contributed by atoms with Crippen LogP contribution in [0.15, 0.2) is 35.3 Å². The molecule has 1 N–H and O–H groups in total. The predicted octanol–water partition coefficient (Wildman–Crippen LogP) is 3.50. The van der Waals surface area contributed by atoms with Gasteiger partial charge in [-0.1, -0.05) is 6.08 Å². The molecule has 0 amide bonds. The third-order valence-electron chi connectivity index (χ3n) is 1.97. The minimum absolute atomic E-state index is 0.182. The molecule has 0 unspecified atom stereocenters. The SMILES string of the molecule is C=CCNCCOc1ccc(OC(F)(F)F)c(Br)c1. The van der Waals surface area contributed by atoms with Crippen molar-refractivity contribution in [2.45, 2.75) is 6.36 Å². The third kappa shape index (κ3) is 6.49. The van der Waals surface area contributed by atoms with Gasteiger partial charge in [0.15, 0.2) is 0 Å². The smallest absolute Gasteiger partial charge is 0.492 e. The molecule has 3 nitrogen and oxygen atoms in total. The van der Waals surface area contributed by atoms with E-state index in [0.29, 0.717) is 25.4 Å². The van der Waals surface area contributed by atoms with E-state index < -0.39 is 6.36 Å². The lowest BCUT2D eigenvalue weighted by molar-refractivity contribution is -0.274. The fraction of sp³-hybridized carbons (Fsp3) is 0.333. The van der Waals surface area contributed by atoms with Gasteiger partial charge in [-0.05, 0) is 34.1 Å². The van der Waals surface area contributed by atoms with Crippen molar-refractivity contribution in [3.05, 3.63) is 35.3 Å². The molecule has 0 bridgehead atoms. The van der Waals surface area contributed by atoms with Gasteiger partial charge in [0.1, 0.15) is 18.1 Å². The molecular formula is C12H13BrF3NO2. The van der Waals surface area contributed by atoms with Crippen molar-refractivity contribution in [2.24, 2.45) is 0 Å². The molecule has 106 valence electrons. The zero-order valence-electron chi connectivity index (χ0n) is 9.97. The summed E-state index contributed by atoms with van der Waals surface area (Å²) >= 11 is 3.00. The molecule has 0 heterocycles. The van der Waals surface area contributed by atoms with E-state index in [4.69, 9.17) is 4.74 Å². The number of benzene rings is 1. The Balaban J connectivity index is 2.49. The fourth-order valence-electron chi connectivity index (χ4n) is 1.22. The Bertz CT molecular complexity index is 424. The van der Waals surface area contributed by atoms with E-state index in [1.165, 1.54) is 18.2 Å². The maximum Gasteiger partial charge on any atom is 0.573 e. The highest BCUT2D eigenvalue weighted by molar-refractivity contribution is 9.10. The molecule has 0 aliphatic rings. The summed E-state index contributed by atoms with van der Waals surface area (Å²) in [5.74, 6) is 0.159. The van der Waals surface area contributed by atoms with Crippen molar-refractivity contribution in [3.63, 3.8) is 0 Å². The van der Waals surface area contributed by atoms with Crippen LogP contribution in [0.4, 0.5) is 13.2 Å². The van der Waals surface area contributed by atoms with E-state index in [1.807, 2.05) is 0 Å². The summed E-state index contributed by atoms with van der Waals surface area (Å²) in [7, 11) is 0. The van der Waals surface area contributed by atoms with E-state index in [0.717, 1.165) is 0 Å². The summed E-state index contributed by atoms with van der Waals surface area (Å²) in [5.41, 5.74) is 0. The molecule has 0 atom stereocenters. The van der Waals surface area contributed by atoms with Gasteiger partial charge in [0, 0.05) is 13.1 Å². The van der Waals surface area contributed by atoms with Crippen LogP contribution >= 0.6 is 15.9 Å².